The molecule has 0 aromatic heterocycles. The number of thiol groups is 3. The van der Waals surface area contributed by atoms with Crippen LogP contribution in [0.2, 0.25) is 0 Å². The number of hydrogen-bond donors (Lipinski definition) is 3. The lowest BCUT2D eigenvalue weighted by Gasteiger charge is -2.32. The predicted octanol–water partition coefficient (Wildman–Crippen LogP) is 2.88. The summed E-state index contributed by atoms with van der Waals surface area (Å²) in [6.45, 7) is 6.68. The first-order valence-corrected chi connectivity index (χ1v) is 7.83. The highest BCUT2D eigenvalue weighted by Gasteiger charge is 2.15. The zero-order chi connectivity index (χ0) is 9.14. The maximum absolute atomic E-state index is 4.38. The van der Waals surface area contributed by atoms with Gasteiger partial charge in [-0.1, -0.05) is 25.5 Å². The molecule has 72 valence electrons. The molecule has 0 radical (unpaired) electrons. The van der Waals surface area contributed by atoms with Crippen molar-refractivity contribution in [1.82, 2.24) is 4.31 Å². The summed E-state index contributed by atoms with van der Waals surface area (Å²) in [4.78, 5) is 0. The van der Waals surface area contributed by atoms with E-state index < -0.39 is 9.15 Å². The summed E-state index contributed by atoms with van der Waals surface area (Å²) in [5.74, 6) is 0.671. The van der Waals surface area contributed by atoms with E-state index in [1.54, 1.807) is 0 Å². The standard InChI is InChI=1S/C8H17NS3/c1-7(2)8-4-3-5-9(6-8)12(10)11/h4,7,10-12H,3,5-6H2,1-2H3. The molecule has 0 saturated carbocycles. The van der Waals surface area contributed by atoms with Gasteiger partial charge in [-0.3, -0.25) is 0 Å². The second-order valence-corrected chi connectivity index (χ2v) is 7.70. The van der Waals surface area contributed by atoms with E-state index in [9.17, 15) is 0 Å². The average molecular weight is 223 g/mol. The van der Waals surface area contributed by atoms with Crippen molar-refractivity contribution in [1.29, 1.82) is 0 Å². The van der Waals surface area contributed by atoms with Crippen molar-refractivity contribution in [3.8, 4) is 0 Å². The minimum atomic E-state index is -0.489. The van der Waals surface area contributed by atoms with E-state index in [0.717, 1.165) is 19.5 Å². The van der Waals surface area contributed by atoms with Crippen LogP contribution in [0.4, 0.5) is 0 Å². The van der Waals surface area contributed by atoms with Crippen molar-refractivity contribution in [3.05, 3.63) is 11.6 Å². The van der Waals surface area contributed by atoms with Crippen LogP contribution in [0.5, 0.6) is 0 Å². The molecule has 0 aromatic rings. The van der Waals surface area contributed by atoms with Gasteiger partial charge in [-0.2, -0.15) is 0 Å². The van der Waals surface area contributed by atoms with Crippen LogP contribution in [0.25, 0.3) is 0 Å². The van der Waals surface area contributed by atoms with Gasteiger partial charge in [0.1, 0.15) is 0 Å². The topological polar surface area (TPSA) is 3.24 Å². The first-order valence-electron chi connectivity index (χ1n) is 4.23. The summed E-state index contributed by atoms with van der Waals surface area (Å²) >= 11 is 8.76. The molecule has 0 saturated heterocycles. The molecule has 1 rings (SSSR count). The molecule has 0 amide bonds. The van der Waals surface area contributed by atoms with Crippen molar-refractivity contribution in [2.75, 3.05) is 13.1 Å². The molecule has 0 spiro atoms. The Morgan fingerprint density at radius 1 is 1.50 bits per heavy atom. The maximum Gasteiger partial charge on any atom is 0.0299 e. The fourth-order valence-electron chi connectivity index (χ4n) is 1.32. The molecular formula is C8H17NS3. The number of hydrogen-bond acceptors (Lipinski definition) is 3. The van der Waals surface area contributed by atoms with E-state index in [2.05, 4.69) is 47.6 Å². The van der Waals surface area contributed by atoms with Gasteiger partial charge in [0, 0.05) is 13.1 Å². The monoisotopic (exact) mass is 223 g/mol. The van der Waals surface area contributed by atoms with E-state index in [-0.39, 0.29) is 0 Å². The quantitative estimate of drug-likeness (QED) is 0.369. The SMILES string of the molecule is CC(C)C1=CCCN([SH](S)S)C1. The molecule has 0 fully saturated rings. The Balaban J connectivity index is 2.53. The van der Waals surface area contributed by atoms with Gasteiger partial charge in [0.25, 0.3) is 0 Å². The third kappa shape index (κ3) is 2.91. The molecule has 1 aliphatic rings. The molecule has 1 aliphatic heterocycles. The zero-order valence-corrected chi connectivity index (χ0v) is 10.2. The van der Waals surface area contributed by atoms with Gasteiger partial charge < -0.3 is 0 Å². The third-order valence-electron chi connectivity index (χ3n) is 2.15. The van der Waals surface area contributed by atoms with Gasteiger partial charge in [-0.05, 0) is 12.3 Å². The first kappa shape index (κ1) is 10.8. The number of nitrogens with zero attached hydrogens (tertiary/aromatic N) is 1. The Bertz CT molecular complexity index is 177. The van der Waals surface area contributed by atoms with Crippen LogP contribution < -0.4 is 0 Å². The molecule has 1 nitrogen and oxygen atoms in total. The lowest BCUT2D eigenvalue weighted by Crippen LogP contribution is -2.26. The van der Waals surface area contributed by atoms with E-state index in [1.165, 1.54) is 5.57 Å². The van der Waals surface area contributed by atoms with Crippen LogP contribution in [0.3, 0.4) is 0 Å². The molecule has 4 heteroatoms. The van der Waals surface area contributed by atoms with Crippen LogP contribution in [-0.4, -0.2) is 17.4 Å². The van der Waals surface area contributed by atoms with E-state index in [0.29, 0.717) is 5.92 Å². The lowest BCUT2D eigenvalue weighted by molar-refractivity contribution is 0.471. The van der Waals surface area contributed by atoms with Crippen molar-refractivity contribution in [2.24, 2.45) is 5.92 Å². The lowest BCUT2D eigenvalue weighted by atomic mass is 10.00. The van der Waals surface area contributed by atoms with E-state index in [1.807, 2.05) is 0 Å². The molecule has 0 N–H and O–H groups in total. The number of rotatable bonds is 2. The summed E-state index contributed by atoms with van der Waals surface area (Å²) < 4.78 is 2.34. The van der Waals surface area contributed by atoms with E-state index in [4.69, 9.17) is 0 Å². The Morgan fingerprint density at radius 3 is 2.67 bits per heavy atom. The Hall–Kier alpha value is 0.750. The summed E-state index contributed by atoms with van der Waals surface area (Å²) in [6.07, 6.45) is 3.52. The van der Waals surface area contributed by atoms with Crippen LogP contribution >= 0.6 is 32.5 Å². The van der Waals surface area contributed by atoms with Gasteiger partial charge >= 0.3 is 0 Å². The van der Waals surface area contributed by atoms with Crippen LogP contribution in [0.15, 0.2) is 11.6 Å². The zero-order valence-electron chi connectivity index (χ0n) is 7.56. The third-order valence-corrected chi connectivity index (χ3v) is 4.52. The van der Waals surface area contributed by atoms with Gasteiger partial charge in [0.15, 0.2) is 0 Å². The minimum absolute atomic E-state index is 0.489. The molecule has 12 heavy (non-hydrogen) atoms. The fourth-order valence-corrected chi connectivity index (χ4v) is 2.82. The van der Waals surface area contributed by atoms with Gasteiger partial charge in [0.05, 0.1) is 0 Å². The van der Waals surface area contributed by atoms with Gasteiger partial charge in [0.2, 0.25) is 0 Å². The second-order valence-electron chi connectivity index (χ2n) is 3.38. The van der Waals surface area contributed by atoms with Crippen molar-refractivity contribution in [3.63, 3.8) is 0 Å². The van der Waals surface area contributed by atoms with Crippen LogP contribution in [0.1, 0.15) is 20.3 Å². The summed E-state index contributed by atoms with van der Waals surface area (Å²) in [5, 5.41) is 0. The smallest absolute Gasteiger partial charge is 0.0299 e. The molecule has 1 heterocycles. The summed E-state index contributed by atoms with van der Waals surface area (Å²) in [6, 6.07) is 0. The predicted molar refractivity (Wildman–Crippen MR) is 66.1 cm³/mol. The molecular weight excluding hydrogens is 206 g/mol. The minimum Gasteiger partial charge on any atom is -0.250 e. The normalized spacial score (nSPS) is 21.1. The molecule has 0 aliphatic carbocycles. The highest BCUT2D eigenvalue weighted by atomic mass is 33.5. The molecule has 0 aromatic carbocycles. The fraction of sp³-hybridized carbons (Fsp3) is 0.750. The average Bonchev–Trinajstić information content (AvgIpc) is 2.04. The second kappa shape index (κ2) is 4.84. The maximum atomic E-state index is 4.38. The van der Waals surface area contributed by atoms with Crippen molar-refractivity contribution in [2.45, 2.75) is 20.3 Å². The van der Waals surface area contributed by atoms with E-state index >= 15 is 0 Å². The summed E-state index contributed by atoms with van der Waals surface area (Å²) in [7, 11) is -0.489. The molecule has 0 unspecified atom stereocenters. The van der Waals surface area contributed by atoms with Gasteiger partial charge in [-0.15, -0.1) is 32.5 Å². The molecule has 0 bridgehead atoms. The van der Waals surface area contributed by atoms with Crippen LogP contribution in [0, 0.1) is 5.92 Å². The highest BCUT2D eigenvalue weighted by molar-refractivity contribution is 9.08. The Morgan fingerprint density at radius 2 is 2.17 bits per heavy atom. The van der Waals surface area contributed by atoms with Crippen molar-refractivity contribution >= 4 is 32.5 Å². The molecule has 0 atom stereocenters. The van der Waals surface area contributed by atoms with Gasteiger partial charge in [-0.25, -0.2) is 4.31 Å². The summed E-state index contributed by atoms with van der Waals surface area (Å²) in [5.41, 5.74) is 1.54. The first-order chi connectivity index (χ1) is 5.61. The highest BCUT2D eigenvalue weighted by Crippen LogP contribution is 2.41. The Kier molecular flexibility index (Phi) is 4.37. The largest absolute Gasteiger partial charge is 0.250 e. The van der Waals surface area contributed by atoms with Crippen molar-refractivity contribution < 1.29 is 0 Å². The van der Waals surface area contributed by atoms with Crippen LogP contribution in [-0.2, 0) is 0 Å². The Labute approximate surface area is 87.7 Å².